The monoisotopic (exact) mass is 242 g/mol. The number of anilines is 1. The van der Waals surface area contributed by atoms with Gasteiger partial charge in [-0.2, -0.15) is 0 Å². The highest BCUT2D eigenvalue weighted by atomic mass is 35.5. The molecule has 88 valence electrons. The quantitative estimate of drug-likeness (QED) is 0.769. The van der Waals surface area contributed by atoms with Crippen molar-refractivity contribution >= 4 is 23.4 Å². The fourth-order valence-electron chi connectivity index (χ4n) is 1.45. The van der Waals surface area contributed by atoms with E-state index in [9.17, 15) is 9.90 Å². The minimum atomic E-state index is -1.04. The van der Waals surface area contributed by atoms with Crippen LogP contribution in [0.15, 0.2) is 12.3 Å². The van der Waals surface area contributed by atoms with Gasteiger partial charge in [0.2, 0.25) is 0 Å². The number of hydrogen-bond acceptors (Lipinski definition) is 2. The number of aromatic nitrogens is 1. The molecular formula is C11H15ClN2O2. The van der Waals surface area contributed by atoms with Crippen LogP contribution in [-0.2, 0) is 0 Å². The molecule has 0 unspecified atom stereocenters. The third kappa shape index (κ3) is 2.64. The van der Waals surface area contributed by atoms with Crippen LogP contribution < -0.4 is 4.90 Å². The molecule has 0 aliphatic heterocycles. The number of halogens is 1. The first-order valence-electron chi connectivity index (χ1n) is 4.89. The van der Waals surface area contributed by atoms with Crippen LogP contribution in [0.4, 0.5) is 10.5 Å². The van der Waals surface area contributed by atoms with Crippen LogP contribution >= 0.6 is 11.6 Å². The van der Waals surface area contributed by atoms with E-state index in [1.165, 1.54) is 4.90 Å². The number of nitrogens with zero attached hydrogens (tertiary/aromatic N) is 2. The first-order chi connectivity index (χ1) is 7.23. The van der Waals surface area contributed by atoms with E-state index >= 15 is 0 Å². The first-order valence-corrected chi connectivity index (χ1v) is 5.26. The summed E-state index contributed by atoms with van der Waals surface area (Å²) in [4.78, 5) is 16.4. The van der Waals surface area contributed by atoms with E-state index in [1.807, 2.05) is 6.92 Å². The van der Waals surface area contributed by atoms with Crippen LogP contribution in [0.3, 0.4) is 0 Å². The van der Waals surface area contributed by atoms with E-state index in [0.717, 1.165) is 5.56 Å². The molecule has 0 atom stereocenters. The normalized spacial score (nSPS) is 11.3. The second-order valence-electron chi connectivity index (χ2n) is 4.61. The fourth-order valence-corrected chi connectivity index (χ4v) is 1.63. The van der Waals surface area contributed by atoms with Gasteiger partial charge in [0.15, 0.2) is 5.15 Å². The van der Waals surface area contributed by atoms with Crippen LogP contribution in [0.2, 0.25) is 5.15 Å². The van der Waals surface area contributed by atoms with Gasteiger partial charge in [-0.1, -0.05) is 11.6 Å². The summed E-state index contributed by atoms with van der Waals surface area (Å²) in [5.74, 6) is 0. The van der Waals surface area contributed by atoms with Crippen molar-refractivity contribution in [3.63, 3.8) is 0 Å². The summed E-state index contributed by atoms with van der Waals surface area (Å²) in [6.45, 7) is 7.26. The maximum atomic E-state index is 11.2. The second kappa shape index (κ2) is 4.29. The molecule has 0 radical (unpaired) electrons. The molecule has 1 N–H and O–H groups in total. The van der Waals surface area contributed by atoms with Gasteiger partial charge in [0, 0.05) is 11.7 Å². The van der Waals surface area contributed by atoms with Gasteiger partial charge in [-0.3, -0.25) is 4.90 Å². The van der Waals surface area contributed by atoms with Crippen LogP contribution in [0, 0.1) is 6.92 Å². The standard InChI is InChI=1S/C11H15ClN2O2/c1-7-5-8(9(12)13-6-7)14(10(15)16)11(2,3)4/h5-6H,1-4H3,(H,15,16). The van der Waals surface area contributed by atoms with Crippen LogP contribution in [0.5, 0.6) is 0 Å². The highest BCUT2D eigenvalue weighted by Gasteiger charge is 2.29. The van der Waals surface area contributed by atoms with Crippen molar-refractivity contribution in [1.29, 1.82) is 0 Å². The number of amides is 1. The number of pyridine rings is 1. The summed E-state index contributed by atoms with van der Waals surface area (Å²) in [7, 11) is 0. The molecular weight excluding hydrogens is 228 g/mol. The number of rotatable bonds is 1. The largest absolute Gasteiger partial charge is 0.465 e. The maximum Gasteiger partial charge on any atom is 0.412 e. The van der Waals surface area contributed by atoms with E-state index in [4.69, 9.17) is 11.6 Å². The van der Waals surface area contributed by atoms with Crippen molar-refractivity contribution in [2.45, 2.75) is 33.2 Å². The fraction of sp³-hybridized carbons (Fsp3) is 0.455. The van der Waals surface area contributed by atoms with Crippen molar-refractivity contribution in [1.82, 2.24) is 4.98 Å². The van der Waals surface area contributed by atoms with E-state index < -0.39 is 11.6 Å². The minimum Gasteiger partial charge on any atom is -0.465 e. The summed E-state index contributed by atoms with van der Waals surface area (Å²) in [5.41, 5.74) is 0.724. The third-order valence-electron chi connectivity index (χ3n) is 2.06. The summed E-state index contributed by atoms with van der Waals surface area (Å²) >= 11 is 5.92. The van der Waals surface area contributed by atoms with E-state index in [2.05, 4.69) is 4.98 Å². The van der Waals surface area contributed by atoms with E-state index in [0.29, 0.717) is 5.69 Å². The maximum absolute atomic E-state index is 11.2. The molecule has 4 nitrogen and oxygen atoms in total. The van der Waals surface area contributed by atoms with Crippen molar-refractivity contribution in [3.05, 3.63) is 23.0 Å². The summed E-state index contributed by atoms with van der Waals surface area (Å²) in [6, 6.07) is 1.72. The Hall–Kier alpha value is -1.29. The van der Waals surface area contributed by atoms with Crippen molar-refractivity contribution < 1.29 is 9.90 Å². The lowest BCUT2D eigenvalue weighted by Crippen LogP contribution is -2.45. The Labute approximate surface area is 99.9 Å². The molecule has 1 amide bonds. The van der Waals surface area contributed by atoms with Gasteiger partial charge in [0.1, 0.15) is 0 Å². The zero-order chi connectivity index (χ0) is 12.5. The Kier molecular flexibility index (Phi) is 3.43. The van der Waals surface area contributed by atoms with Gasteiger partial charge in [-0.05, 0) is 39.3 Å². The molecule has 0 spiro atoms. The van der Waals surface area contributed by atoms with Crippen molar-refractivity contribution in [2.75, 3.05) is 4.90 Å². The Balaban J connectivity index is 3.32. The highest BCUT2D eigenvalue weighted by Crippen LogP contribution is 2.30. The lowest BCUT2D eigenvalue weighted by molar-refractivity contribution is 0.195. The van der Waals surface area contributed by atoms with Gasteiger partial charge in [-0.25, -0.2) is 9.78 Å². The molecule has 0 saturated carbocycles. The first kappa shape index (κ1) is 12.8. The third-order valence-corrected chi connectivity index (χ3v) is 2.35. The minimum absolute atomic E-state index is 0.197. The zero-order valence-corrected chi connectivity index (χ0v) is 10.5. The van der Waals surface area contributed by atoms with Crippen LogP contribution in [0.1, 0.15) is 26.3 Å². The molecule has 1 aromatic rings. The van der Waals surface area contributed by atoms with Gasteiger partial charge in [0.05, 0.1) is 5.69 Å². The Morgan fingerprint density at radius 2 is 2.06 bits per heavy atom. The lowest BCUT2D eigenvalue weighted by Gasteiger charge is -2.33. The van der Waals surface area contributed by atoms with Crippen LogP contribution in [0.25, 0.3) is 0 Å². The predicted molar refractivity (Wildman–Crippen MR) is 64.2 cm³/mol. The molecule has 1 aromatic heterocycles. The van der Waals surface area contributed by atoms with Crippen molar-refractivity contribution in [3.8, 4) is 0 Å². The Morgan fingerprint density at radius 1 is 1.50 bits per heavy atom. The predicted octanol–water partition coefficient (Wildman–Crippen LogP) is 3.33. The molecule has 5 heteroatoms. The van der Waals surface area contributed by atoms with Crippen molar-refractivity contribution in [2.24, 2.45) is 0 Å². The highest BCUT2D eigenvalue weighted by molar-refractivity contribution is 6.32. The number of carboxylic acid groups (broad SMARTS) is 1. The average Bonchev–Trinajstić information content (AvgIpc) is 2.08. The average molecular weight is 243 g/mol. The molecule has 0 fully saturated rings. The summed E-state index contributed by atoms with van der Waals surface area (Å²) in [6.07, 6.45) is 0.566. The molecule has 0 aromatic carbocycles. The number of hydrogen-bond donors (Lipinski definition) is 1. The van der Waals surface area contributed by atoms with Gasteiger partial charge in [-0.15, -0.1) is 0 Å². The van der Waals surface area contributed by atoms with Crippen LogP contribution in [-0.4, -0.2) is 21.7 Å². The number of aryl methyl sites for hydroxylation is 1. The molecule has 0 aliphatic carbocycles. The molecule has 0 saturated heterocycles. The Morgan fingerprint density at radius 3 is 2.50 bits per heavy atom. The van der Waals surface area contributed by atoms with Gasteiger partial charge < -0.3 is 5.11 Å². The molecule has 1 heterocycles. The summed E-state index contributed by atoms with van der Waals surface area (Å²) in [5, 5.41) is 9.41. The van der Waals surface area contributed by atoms with E-state index in [1.54, 1.807) is 33.0 Å². The van der Waals surface area contributed by atoms with Gasteiger partial charge in [0.25, 0.3) is 0 Å². The van der Waals surface area contributed by atoms with E-state index in [-0.39, 0.29) is 5.15 Å². The molecule has 0 aliphatic rings. The molecule has 16 heavy (non-hydrogen) atoms. The SMILES string of the molecule is Cc1cnc(Cl)c(N(C(=O)O)C(C)(C)C)c1. The lowest BCUT2D eigenvalue weighted by atomic mass is 10.1. The zero-order valence-electron chi connectivity index (χ0n) is 9.78. The Bertz CT molecular complexity index is 413. The topological polar surface area (TPSA) is 53.4 Å². The van der Waals surface area contributed by atoms with Gasteiger partial charge >= 0.3 is 6.09 Å². The molecule has 1 rings (SSSR count). The smallest absolute Gasteiger partial charge is 0.412 e. The summed E-state index contributed by atoms with van der Waals surface area (Å²) < 4.78 is 0. The molecule has 0 bridgehead atoms. The number of carbonyl (C=O) groups is 1. The second-order valence-corrected chi connectivity index (χ2v) is 4.97.